The van der Waals surface area contributed by atoms with E-state index in [4.69, 9.17) is 9.66 Å². The zero-order valence-electron chi connectivity index (χ0n) is 9.75. The molecule has 0 aromatic heterocycles. The van der Waals surface area contributed by atoms with Gasteiger partial charge in [-0.25, -0.2) is 9.59 Å². The van der Waals surface area contributed by atoms with Gasteiger partial charge in [0.25, 0.3) is 0 Å². The van der Waals surface area contributed by atoms with Crippen LogP contribution in [0.15, 0.2) is 23.1 Å². The van der Waals surface area contributed by atoms with Gasteiger partial charge in [0.2, 0.25) is 0 Å². The van der Waals surface area contributed by atoms with Crippen molar-refractivity contribution in [3.05, 3.63) is 23.1 Å². The molecule has 0 amide bonds. The molecule has 0 aliphatic rings. The predicted molar refractivity (Wildman–Crippen MR) is 69.4 cm³/mol. The molecule has 0 aromatic rings. The summed E-state index contributed by atoms with van der Waals surface area (Å²) in [7, 11) is -5.00. The molecule has 0 bridgehead atoms. The van der Waals surface area contributed by atoms with Gasteiger partial charge in [-0.3, -0.25) is 4.55 Å². The zero-order valence-corrected chi connectivity index (χ0v) is 10.6. The van der Waals surface area contributed by atoms with E-state index < -0.39 is 32.5 Å². The summed E-state index contributed by atoms with van der Waals surface area (Å²) in [5, 5.41) is 8.76. The van der Waals surface area contributed by atoms with E-state index in [1.54, 1.807) is 6.92 Å². The topological polar surface area (TPSA) is 118 Å². The van der Waals surface area contributed by atoms with Crippen LogP contribution in [0, 0.1) is 0 Å². The van der Waals surface area contributed by atoms with Gasteiger partial charge in [-0.15, -0.1) is 0 Å². The van der Waals surface area contributed by atoms with Gasteiger partial charge in [0.05, 0.1) is 5.57 Å². The molecule has 0 fully saturated rings. The third-order valence-electron chi connectivity index (χ3n) is 1.80. The first kappa shape index (κ1) is 20.6. The fourth-order valence-electron chi connectivity index (χ4n) is 1.18. The number of hydrogen-bond acceptors (Lipinski definition) is 5. The van der Waals surface area contributed by atoms with Crippen molar-refractivity contribution in [1.82, 2.24) is 0 Å². The fraction of sp³-hybridized carbons (Fsp3) is 0.400. The molecule has 7 nitrogen and oxygen atoms in total. The van der Waals surface area contributed by atoms with E-state index in [1.807, 2.05) is 0 Å². The van der Waals surface area contributed by atoms with Crippen LogP contribution < -0.4 is 0 Å². The van der Waals surface area contributed by atoms with Crippen LogP contribution in [0.3, 0.4) is 0 Å². The Morgan fingerprint density at radius 2 is 1.89 bits per heavy atom. The normalized spacial score (nSPS) is 11.9. The first-order valence-electron chi connectivity index (χ1n) is 4.97. The van der Waals surface area contributed by atoms with Gasteiger partial charge < -0.3 is 9.84 Å². The Balaban J connectivity index is 0. The van der Waals surface area contributed by atoms with E-state index >= 15 is 0 Å². The maximum absolute atomic E-state index is 11.5. The predicted octanol–water partition coefficient (Wildman–Crippen LogP) is 0.0937. The van der Waals surface area contributed by atoms with Crippen LogP contribution in [0.4, 0.5) is 0 Å². The van der Waals surface area contributed by atoms with Crippen LogP contribution in [-0.2, 0) is 24.4 Å². The standard InChI is InChI=1S/C10H14O7S.Na.H/c1-3-5-7(10(13)17-6-4-2)8(9(11)12)18(14,15)16;;/h4H,2-3,5-6H2,1H3,(H,11,12)(H,14,15,16);;/b8-7+;;. The van der Waals surface area contributed by atoms with Crippen LogP contribution in [0.25, 0.3) is 0 Å². The average Bonchev–Trinajstić information content (AvgIpc) is 2.22. The average molecular weight is 302 g/mol. The van der Waals surface area contributed by atoms with Crippen LogP contribution >= 0.6 is 0 Å². The van der Waals surface area contributed by atoms with Gasteiger partial charge in [0, 0.05) is 0 Å². The monoisotopic (exact) mass is 302 g/mol. The fourth-order valence-corrected chi connectivity index (χ4v) is 1.89. The first-order chi connectivity index (χ1) is 8.25. The quantitative estimate of drug-likeness (QED) is 0.225. The van der Waals surface area contributed by atoms with E-state index in [2.05, 4.69) is 11.3 Å². The number of carbonyl (C=O) groups is 2. The Morgan fingerprint density at radius 1 is 1.37 bits per heavy atom. The van der Waals surface area contributed by atoms with Crippen LogP contribution in [-0.4, -0.2) is 66.2 Å². The number of aliphatic carboxylic acids is 1. The van der Waals surface area contributed by atoms with E-state index in [-0.39, 0.29) is 42.6 Å². The van der Waals surface area contributed by atoms with E-state index in [9.17, 15) is 18.0 Å². The van der Waals surface area contributed by atoms with Crippen molar-refractivity contribution in [2.75, 3.05) is 6.61 Å². The van der Waals surface area contributed by atoms with Gasteiger partial charge >= 0.3 is 51.6 Å². The molecule has 0 aromatic carbocycles. The van der Waals surface area contributed by atoms with Crippen molar-refractivity contribution < 1.29 is 32.4 Å². The number of hydrogen-bond donors (Lipinski definition) is 2. The molecule has 0 saturated carbocycles. The van der Waals surface area contributed by atoms with Crippen molar-refractivity contribution in [2.45, 2.75) is 19.8 Å². The Labute approximate surface area is 133 Å². The molecule has 9 heteroatoms. The summed E-state index contributed by atoms with van der Waals surface area (Å²) >= 11 is 0. The van der Waals surface area contributed by atoms with E-state index in [1.165, 1.54) is 6.08 Å². The van der Waals surface area contributed by atoms with Crippen molar-refractivity contribution >= 4 is 51.6 Å². The molecular formula is C10H15NaO7S. The summed E-state index contributed by atoms with van der Waals surface area (Å²) < 4.78 is 35.3. The summed E-state index contributed by atoms with van der Waals surface area (Å²) in [4.78, 5) is 21.0. The van der Waals surface area contributed by atoms with Gasteiger partial charge in [0.1, 0.15) is 6.61 Å². The third-order valence-corrected chi connectivity index (χ3v) is 2.74. The number of ether oxygens (including phenoxy) is 1. The summed E-state index contributed by atoms with van der Waals surface area (Å²) in [5.41, 5.74) is -0.589. The van der Waals surface area contributed by atoms with Gasteiger partial charge in [-0.2, -0.15) is 8.42 Å². The van der Waals surface area contributed by atoms with Crippen molar-refractivity contribution in [2.24, 2.45) is 0 Å². The second-order valence-corrected chi connectivity index (χ2v) is 4.58. The minimum atomic E-state index is -5.00. The molecule has 0 unspecified atom stereocenters. The molecule has 2 N–H and O–H groups in total. The molecule has 0 atom stereocenters. The molecule has 0 heterocycles. The van der Waals surface area contributed by atoms with Gasteiger partial charge in [0.15, 0.2) is 4.91 Å². The van der Waals surface area contributed by atoms with Gasteiger partial charge in [-0.05, 0) is 6.42 Å². The van der Waals surface area contributed by atoms with Crippen LogP contribution in [0.5, 0.6) is 0 Å². The van der Waals surface area contributed by atoms with E-state index in [0.717, 1.165) is 0 Å². The third kappa shape index (κ3) is 6.88. The number of carboxylic acid groups (broad SMARTS) is 1. The molecule has 0 spiro atoms. The summed E-state index contributed by atoms with van der Waals surface area (Å²) in [5.74, 6) is -3.01. The summed E-state index contributed by atoms with van der Waals surface area (Å²) in [6.07, 6.45) is 1.41. The first-order valence-corrected chi connectivity index (χ1v) is 6.41. The molecule has 0 aliphatic heterocycles. The molecule has 0 saturated heterocycles. The summed E-state index contributed by atoms with van der Waals surface area (Å²) in [6.45, 7) is 4.71. The number of rotatable bonds is 7. The molecular weight excluding hydrogens is 287 g/mol. The second kappa shape index (κ2) is 9.27. The van der Waals surface area contributed by atoms with Crippen LogP contribution in [0.1, 0.15) is 19.8 Å². The zero-order chi connectivity index (χ0) is 14.3. The van der Waals surface area contributed by atoms with Gasteiger partial charge in [-0.1, -0.05) is 26.0 Å². The molecule has 104 valence electrons. The minimum absolute atomic E-state index is 0. The Hall–Kier alpha value is -0.670. The van der Waals surface area contributed by atoms with Crippen molar-refractivity contribution in [3.63, 3.8) is 0 Å². The Morgan fingerprint density at radius 3 is 2.21 bits per heavy atom. The van der Waals surface area contributed by atoms with Crippen molar-refractivity contribution in [3.8, 4) is 0 Å². The Bertz CT molecular complexity index is 478. The second-order valence-electron chi connectivity index (χ2n) is 3.23. The van der Waals surface area contributed by atoms with Crippen molar-refractivity contribution in [1.29, 1.82) is 0 Å². The van der Waals surface area contributed by atoms with E-state index in [0.29, 0.717) is 6.42 Å². The summed E-state index contributed by atoms with van der Waals surface area (Å²) in [6, 6.07) is 0. The number of esters is 1. The number of carboxylic acids is 1. The maximum atomic E-state index is 11.5. The molecule has 19 heavy (non-hydrogen) atoms. The number of carbonyl (C=O) groups excluding carboxylic acids is 1. The molecule has 0 radical (unpaired) electrons. The molecule has 0 rings (SSSR count). The molecule has 0 aliphatic carbocycles. The Kier molecular flexibility index (Phi) is 10.1. The SMILES string of the molecule is C=CCOC(=O)/C(CCC)=C(\C(=O)O)S(=O)(=O)O.[NaH]. The van der Waals surface area contributed by atoms with Crippen LogP contribution in [0.2, 0.25) is 0 Å².